The van der Waals surface area contributed by atoms with Gasteiger partial charge in [0.15, 0.2) is 5.47 Å². The maximum atomic E-state index is 6.19. The van der Waals surface area contributed by atoms with Crippen molar-refractivity contribution in [1.29, 1.82) is 0 Å². The molecule has 96 valence electrons. The van der Waals surface area contributed by atoms with E-state index in [1.165, 1.54) is 24.2 Å². The predicted octanol–water partition coefficient (Wildman–Crippen LogP) is 3.83. The maximum Gasteiger partial charge on any atom is 0.196 e. The van der Waals surface area contributed by atoms with E-state index >= 15 is 0 Å². The van der Waals surface area contributed by atoms with E-state index in [1.54, 1.807) is 7.11 Å². The van der Waals surface area contributed by atoms with Crippen molar-refractivity contribution in [2.45, 2.75) is 19.3 Å². The zero-order valence-corrected chi connectivity index (χ0v) is 12.7. The quantitative estimate of drug-likeness (QED) is 0.772. The van der Waals surface area contributed by atoms with Crippen LogP contribution in [0.5, 0.6) is 5.75 Å². The summed E-state index contributed by atoms with van der Waals surface area (Å²) in [6, 6.07) is 8.03. The lowest BCUT2D eigenvalue weighted by atomic mass is 10.3. The number of methoxy groups -OCH3 is 1. The molecule has 1 heterocycles. The molecule has 1 atom stereocenters. The van der Waals surface area contributed by atoms with Crippen molar-refractivity contribution in [3.05, 3.63) is 35.6 Å². The molecule has 3 rings (SSSR count). The summed E-state index contributed by atoms with van der Waals surface area (Å²) in [4.78, 5) is 0. The van der Waals surface area contributed by atoms with E-state index in [4.69, 9.17) is 21.1 Å². The zero-order chi connectivity index (χ0) is 12.6. The molecule has 1 aromatic rings. The van der Waals surface area contributed by atoms with E-state index in [0.29, 0.717) is 0 Å². The molecule has 0 spiro atoms. The molecule has 0 fully saturated rings. The summed E-state index contributed by atoms with van der Waals surface area (Å²) < 4.78 is 11.4. The van der Waals surface area contributed by atoms with Gasteiger partial charge in [0.1, 0.15) is 11.5 Å². The molecule has 0 amide bonds. The van der Waals surface area contributed by atoms with Crippen molar-refractivity contribution in [3.63, 3.8) is 0 Å². The van der Waals surface area contributed by atoms with Crippen LogP contribution < -0.4 is 10.0 Å². The Kier molecular flexibility index (Phi) is 3.44. The van der Waals surface area contributed by atoms with Gasteiger partial charge in [-0.05, 0) is 54.5 Å². The topological polar surface area (TPSA) is 18.5 Å². The van der Waals surface area contributed by atoms with Gasteiger partial charge in [0, 0.05) is 17.5 Å². The highest BCUT2D eigenvalue weighted by Gasteiger charge is 2.32. The summed E-state index contributed by atoms with van der Waals surface area (Å²) in [5.41, 5.74) is -0.449. The monoisotopic (exact) mass is 298 g/mol. The van der Waals surface area contributed by atoms with Gasteiger partial charge in [0.05, 0.1) is 7.11 Å². The van der Waals surface area contributed by atoms with Crippen LogP contribution in [-0.4, -0.2) is 12.9 Å². The summed E-state index contributed by atoms with van der Waals surface area (Å²) in [5, 5.41) is 1.14. The molecule has 0 aromatic heterocycles. The van der Waals surface area contributed by atoms with E-state index in [9.17, 15) is 0 Å². The minimum absolute atomic E-state index is 0.864. The summed E-state index contributed by atoms with van der Waals surface area (Å²) in [6.07, 6.45) is 3.49. The lowest BCUT2D eigenvalue weighted by molar-refractivity contribution is 0.415. The first-order chi connectivity index (χ1) is 8.71. The number of hydrogen-bond donors (Lipinski definition) is 0. The first-order valence-corrected chi connectivity index (χ1v) is 10.3. The summed E-state index contributed by atoms with van der Waals surface area (Å²) in [6.45, 7) is 0. The highest BCUT2D eigenvalue weighted by atomic mass is 32.9. The van der Waals surface area contributed by atoms with Gasteiger partial charge in [0.2, 0.25) is 0 Å². The van der Waals surface area contributed by atoms with Crippen molar-refractivity contribution < 1.29 is 9.26 Å². The van der Waals surface area contributed by atoms with Gasteiger partial charge in [-0.2, -0.15) is 0 Å². The molecule has 0 radical (unpaired) electrons. The number of benzene rings is 1. The van der Waals surface area contributed by atoms with Gasteiger partial charge in [-0.3, -0.25) is 0 Å². The molecule has 0 N–H and O–H groups in total. The standard InChI is InChI=1S/C13H15O2PS2/c1-14-11-5-7-12(8-6-11)16(17)15-13-4-2-3-10(13)9-18-16/h5-8H,2-4,9H2,1H3. The third-order valence-electron chi connectivity index (χ3n) is 3.30. The first-order valence-electron chi connectivity index (χ1n) is 6.01. The van der Waals surface area contributed by atoms with E-state index in [-0.39, 0.29) is 0 Å². The van der Waals surface area contributed by atoms with E-state index in [1.807, 2.05) is 35.6 Å². The molecule has 0 saturated carbocycles. The van der Waals surface area contributed by atoms with Gasteiger partial charge in [-0.1, -0.05) is 11.4 Å². The molecule has 2 aliphatic rings. The smallest absolute Gasteiger partial charge is 0.196 e. The fraction of sp³-hybridized carbons (Fsp3) is 0.385. The SMILES string of the molecule is COc1ccc(P2(=S)OC3=C(CCC3)CS2)cc1. The molecule has 5 heteroatoms. The third-order valence-corrected chi connectivity index (χ3v) is 9.58. The largest absolute Gasteiger partial charge is 0.497 e. The first kappa shape index (κ1) is 12.6. The highest BCUT2D eigenvalue weighted by Crippen LogP contribution is 2.65. The van der Waals surface area contributed by atoms with Gasteiger partial charge >= 0.3 is 0 Å². The Morgan fingerprint density at radius 2 is 2.06 bits per heavy atom. The molecule has 18 heavy (non-hydrogen) atoms. The Morgan fingerprint density at radius 1 is 1.28 bits per heavy atom. The minimum Gasteiger partial charge on any atom is -0.497 e. The van der Waals surface area contributed by atoms with Crippen molar-refractivity contribution in [2.75, 3.05) is 12.9 Å². The molecule has 2 nitrogen and oxygen atoms in total. The van der Waals surface area contributed by atoms with Crippen LogP contribution in [0.4, 0.5) is 0 Å². The number of rotatable bonds is 2. The average molecular weight is 298 g/mol. The fourth-order valence-corrected chi connectivity index (χ4v) is 7.56. The van der Waals surface area contributed by atoms with E-state index in [2.05, 4.69) is 0 Å². The van der Waals surface area contributed by atoms with Crippen LogP contribution >= 0.6 is 16.8 Å². The van der Waals surface area contributed by atoms with Gasteiger partial charge in [0.25, 0.3) is 0 Å². The highest BCUT2D eigenvalue weighted by molar-refractivity contribution is 8.71. The van der Waals surface area contributed by atoms with Crippen molar-refractivity contribution in [2.24, 2.45) is 0 Å². The van der Waals surface area contributed by atoms with Crippen LogP contribution in [-0.2, 0) is 16.3 Å². The van der Waals surface area contributed by atoms with E-state index in [0.717, 1.165) is 23.2 Å². The molecular weight excluding hydrogens is 283 g/mol. The summed E-state index contributed by atoms with van der Waals surface area (Å²) >= 11 is 7.61. The normalized spacial score (nSPS) is 26.7. The number of hydrogen-bond acceptors (Lipinski definition) is 4. The van der Waals surface area contributed by atoms with Crippen LogP contribution in [0.25, 0.3) is 0 Å². The minimum atomic E-state index is -1.93. The third kappa shape index (κ3) is 2.22. The van der Waals surface area contributed by atoms with Gasteiger partial charge in [-0.25, -0.2) is 0 Å². The molecule has 1 aliphatic heterocycles. The Hall–Kier alpha value is -0.440. The van der Waals surface area contributed by atoms with Crippen LogP contribution in [0, 0.1) is 0 Å². The number of allylic oxidation sites excluding steroid dienone is 1. The molecule has 1 aliphatic carbocycles. The Morgan fingerprint density at radius 3 is 2.78 bits per heavy atom. The number of ether oxygens (including phenoxy) is 1. The van der Waals surface area contributed by atoms with Gasteiger partial charge in [-0.15, -0.1) is 0 Å². The van der Waals surface area contributed by atoms with Crippen molar-refractivity contribution in [3.8, 4) is 5.75 Å². The summed E-state index contributed by atoms with van der Waals surface area (Å²) in [5.74, 6) is 3.11. The molecular formula is C13H15O2PS2. The van der Waals surface area contributed by atoms with Crippen LogP contribution in [0.1, 0.15) is 19.3 Å². The Labute approximate surface area is 117 Å². The Balaban J connectivity index is 1.89. The lowest BCUT2D eigenvalue weighted by Crippen LogP contribution is -2.09. The van der Waals surface area contributed by atoms with Crippen LogP contribution in [0.15, 0.2) is 35.6 Å². The predicted molar refractivity (Wildman–Crippen MR) is 81.3 cm³/mol. The molecule has 0 bridgehead atoms. The molecule has 1 unspecified atom stereocenters. The second-order valence-corrected chi connectivity index (χ2v) is 11.2. The summed E-state index contributed by atoms with van der Waals surface area (Å²) in [7, 11) is 1.68. The van der Waals surface area contributed by atoms with Crippen LogP contribution in [0.2, 0.25) is 0 Å². The van der Waals surface area contributed by atoms with Gasteiger partial charge < -0.3 is 9.26 Å². The maximum absolute atomic E-state index is 6.19. The van der Waals surface area contributed by atoms with Crippen molar-refractivity contribution in [1.82, 2.24) is 0 Å². The Bertz CT molecular complexity index is 536. The van der Waals surface area contributed by atoms with Crippen molar-refractivity contribution >= 4 is 34.0 Å². The van der Waals surface area contributed by atoms with E-state index < -0.39 is 5.47 Å². The molecule has 1 aromatic carbocycles. The second-order valence-electron chi connectivity index (χ2n) is 4.44. The zero-order valence-electron chi connectivity index (χ0n) is 10.2. The lowest BCUT2D eigenvalue weighted by Gasteiger charge is -2.28. The second kappa shape index (κ2) is 4.92. The fourth-order valence-electron chi connectivity index (χ4n) is 2.27. The van der Waals surface area contributed by atoms with Crippen LogP contribution in [0.3, 0.4) is 0 Å². The molecule has 0 saturated heterocycles. The average Bonchev–Trinajstić information content (AvgIpc) is 2.86.